The Morgan fingerprint density at radius 2 is 1.55 bits per heavy atom. The summed E-state index contributed by atoms with van der Waals surface area (Å²) in [5.41, 5.74) is 3.29. The molecule has 0 amide bonds. The fraction of sp³-hybridized carbons (Fsp3) is 0.167. The average Bonchev–Trinajstić information content (AvgIpc) is 2.46. The van der Waals surface area contributed by atoms with Gasteiger partial charge in [0.25, 0.3) is 0 Å². The lowest BCUT2D eigenvalue weighted by Crippen LogP contribution is -2.37. The molecule has 0 aliphatic rings. The van der Waals surface area contributed by atoms with Gasteiger partial charge in [0.15, 0.2) is 0 Å². The molecule has 0 saturated carbocycles. The fourth-order valence-electron chi connectivity index (χ4n) is 2.36. The molecule has 0 N–H and O–H groups in total. The van der Waals surface area contributed by atoms with E-state index in [0.717, 1.165) is 11.2 Å². The van der Waals surface area contributed by atoms with Crippen molar-refractivity contribution in [2.75, 3.05) is 0 Å². The molecule has 0 saturated heterocycles. The van der Waals surface area contributed by atoms with E-state index in [9.17, 15) is 0 Å². The zero-order valence-electron chi connectivity index (χ0n) is 12.2. The summed E-state index contributed by atoms with van der Waals surface area (Å²) in [6.07, 6.45) is 0. The van der Waals surface area contributed by atoms with E-state index >= 15 is 0 Å². The molecule has 1 nitrogen and oxygen atoms in total. The predicted octanol–water partition coefficient (Wildman–Crippen LogP) is 4.45. The monoisotopic (exact) mass is 277 g/mol. The van der Waals surface area contributed by atoms with E-state index in [4.69, 9.17) is 4.98 Å². The van der Waals surface area contributed by atoms with Gasteiger partial charge in [-0.1, -0.05) is 73.4 Å². The van der Waals surface area contributed by atoms with E-state index in [1.807, 2.05) is 6.07 Å². The summed E-state index contributed by atoms with van der Waals surface area (Å²) < 4.78 is 0. The van der Waals surface area contributed by atoms with E-state index < -0.39 is 8.07 Å². The molecule has 0 unspecified atom stereocenters. The first-order chi connectivity index (χ1) is 9.54. The van der Waals surface area contributed by atoms with Crippen LogP contribution in [0, 0.1) is 0 Å². The number of nitrogens with zero attached hydrogens (tertiary/aromatic N) is 1. The van der Waals surface area contributed by atoms with Crippen LogP contribution in [0.2, 0.25) is 19.6 Å². The van der Waals surface area contributed by atoms with Crippen LogP contribution in [-0.4, -0.2) is 13.1 Å². The average molecular weight is 277 g/mol. The normalized spacial score (nSPS) is 11.8. The summed E-state index contributed by atoms with van der Waals surface area (Å²) >= 11 is 0. The molecule has 2 aromatic carbocycles. The van der Waals surface area contributed by atoms with Gasteiger partial charge in [-0.3, -0.25) is 0 Å². The lowest BCUT2D eigenvalue weighted by Gasteiger charge is -2.17. The summed E-state index contributed by atoms with van der Waals surface area (Å²) in [5, 5.41) is 2.73. The van der Waals surface area contributed by atoms with Crippen molar-refractivity contribution < 1.29 is 0 Å². The van der Waals surface area contributed by atoms with Gasteiger partial charge in [-0.2, -0.15) is 0 Å². The highest BCUT2D eigenvalue weighted by Crippen LogP contribution is 2.20. The van der Waals surface area contributed by atoms with Crippen molar-refractivity contribution in [2.45, 2.75) is 19.6 Å². The molecule has 3 rings (SSSR count). The number of fused-ring (bicyclic) bond motifs is 1. The number of hydrogen-bond donors (Lipinski definition) is 0. The molecule has 2 heteroatoms. The maximum atomic E-state index is 4.78. The van der Waals surface area contributed by atoms with Gasteiger partial charge in [0.1, 0.15) is 0 Å². The van der Waals surface area contributed by atoms with Crippen LogP contribution in [0.4, 0.5) is 0 Å². The molecular formula is C18H19NSi. The highest BCUT2D eigenvalue weighted by Gasteiger charge is 2.16. The molecule has 1 heterocycles. The molecule has 0 aliphatic carbocycles. The zero-order chi connectivity index (χ0) is 14.2. The number of aromatic nitrogens is 1. The van der Waals surface area contributed by atoms with Crippen LogP contribution >= 0.6 is 0 Å². The van der Waals surface area contributed by atoms with Crippen LogP contribution in [0.5, 0.6) is 0 Å². The number of pyridine rings is 1. The Morgan fingerprint density at radius 1 is 0.800 bits per heavy atom. The largest absolute Gasteiger partial charge is 0.248 e. The Bertz CT molecular complexity index is 742. The Labute approximate surface area is 121 Å². The van der Waals surface area contributed by atoms with Crippen molar-refractivity contribution in [3.8, 4) is 11.3 Å². The van der Waals surface area contributed by atoms with Crippen LogP contribution in [0.15, 0.2) is 60.7 Å². The first-order valence-corrected chi connectivity index (χ1v) is 10.5. The van der Waals surface area contributed by atoms with Gasteiger partial charge >= 0.3 is 0 Å². The maximum Gasteiger partial charge on any atom is 0.0776 e. The van der Waals surface area contributed by atoms with Gasteiger partial charge in [-0.15, -0.1) is 0 Å². The van der Waals surface area contributed by atoms with Crippen molar-refractivity contribution in [2.24, 2.45) is 0 Å². The highest BCUT2D eigenvalue weighted by molar-refractivity contribution is 6.88. The van der Waals surface area contributed by atoms with E-state index in [1.165, 1.54) is 16.1 Å². The SMILES string of the molecule is C[Si](C)(C)c1ccc2nc(-c3ccccc3)ccc2c1. The Balaban J connectivity index is 2.10. The van der Waals surface area contributed by atoms with E-state index in [2.05, 4.69) is 74.2 Å². The second kappa shape index (κ2) is 4.87. The third kappa shape index (κ3) is 2.52. The standard InChI is InChI=1S/C18H19NSi/c1-20(2,3)16-10-12-18-15(13-16)9-11-17(19-18)14-7-5-4-6-8-14/h4-13H,1-3H3. The van der Waals surface area contributed by atoms with Gasteiger partial charge < -0.3 is 0 Å². The summed E-state index contributed by atoms with van der Waals surface area (Å²) in [6.45, 7) is 7.12. The van der Waals surface area contributed by atoms with Crippen molar-refractivity contribution in [1.82, 2.24) is 4.98 Å². The van der Waals surface area contributed by atoms with E-state index in [-0.39, 0.29) is 0 Å². The Morgan fingerprint density at radius 3 is 2.25 bits per heavy atom. The number of rotatable bonds is 2. The molecule has 0 spiro atoms. The molecule has 20 heavy (non-hydrogen) atoms. The topological polar surface area (TPSA) is 12.9 Å². The quantitative estimate of drug-likeness (QED) is 0.631. The summed E-state index contributed by atoms with van der Waals surface area (Å²) in [4.78, 5) is 4.78. The maximum absolute atomic E-state index is 4.78. The first kappa shape index (κ1) is 13.1. The van der Waals surface area contributed by atoms with Gasteiger partial charge in [0.05, 0.1) is 19.3 Å². The molecule has 0 aliphatic heterocycles. The van der Waals surface area contributed by atoms with E-state index in [0.29, 0.717) is 0 Å². The Kier molecular flexibility index (Phi) is 3.18. The fourth-order valence-corrected chi connectivity index (χ4v) is 3.53. The van der Waals surface area contributed by atoms with Gasteiger partial charge in [-0.25, -0.2) is 4.98 Å². The summed E-state index contributed by atoms with van der Waals surface area (Å²) in [5.74, 6) is 0. The third-order valence-corrected chi connectivity index (χ3v) is 5.67. The van der Waals surface area contributed by atoms with Crippen LogP contribution < -0.4 is 5.19 Å². The van der Waals surface area contributed by atoms with E-state index in [1.54, 1.807) is 0 Å². The highest BCUT2D eigenvalue weighted by atomic mass is 28.3. The third-order valence-electron chi connectivity index (χ3n) is 3.62. The van der Waals surface area contributed by atoms with Crippen molar-refractivity contribution in [3.05, 3.63) is 60.7 Å². The minimum absolute atomic E-state index is 1.04. The van der Waals surface area contributed by atoms with Crippen molar-refractivity contribution in [3.63, 3.8) is 0 Å². The van der Waals surface area contributed by atoms with Crippen molar-refractivity contribution in [1.29, 1.82) is 0 Å². The molecule has 0 radical (unpaired) electrons. The minimum Gasteiger partial charge on any atom is -0.248 e. The molecule has 100 valence electrons. The van der Waals surface area contributed by atoms with Gasteiger partial charge in [0, 0.05) is 10.9 Å². The van der Waals surface area contributed by atoms with Crippen LogP contribution in [0.3, 0.4) is 0 Å². The number of hydrogen-bond acceptors (Lipinski definition) is 1. The lowest BCUT2D eigenvalue weighted by atomic mass is 10.1. The minimum atomic E-state index is -1.26. The number of benzene rings is 2. The predicted molar refractivity (Wildman–Crippen MR) is 90.2 cm³/mol. The second-order valence-electron chi connectivity index (χ2n) is 6.22. The smallest absolute Gasteiger partial charge is 0.0776 e. The molecule has 0 bridgehead atoms. The Hall–Kier alpha value is -1.93. The molecule has 1 aromatic heterocycles. The molecular weight excluding hydrogens is 258 g/mol. The van der Waals surface area contributed by atoms with Crippen LogP contribution in [0.25, 0.3) is 22.2 Å². The lowest BCUT2D eigenvalue weighted by molar-refractivity contribution is 1.40. The summed E-state index contributed by atoms with van der Waals surface area (Å²) in [6, 6.07) is 21.4. The van der Waals surface area contributed by atoms with Crippen LogP contribution in [0.1, 0.15) is 0 Å². The molecule has 0 fully saturated rings. The summed E-state index contributed by atoms with van der Waals surface area (Å²) in [7, 11) is -1.26. The molecule has 0 atom stereocenters. The first-order valence-electron chi connectivity index (χ1n) is 7.01. The molecule has 3 aromatic rings. The second-order valence-corrected chi connectivity index (χ2v) is 11.3. The van der Waals surface area contributed by atoms with Crippen LogP contribution in [-0.2, 0) is 0 Å². The zero-order valence-corrected chi connectivity index (χ0v) is 13.2. The van der Waals surface area contributed by atoms with Gasteiger partial charge in [-0.05, 0) is 12.1 Å². The van der Waals surface area contributed by atoms with Gasteiger partial charge in [0.2, 0.25) is 0 Å². The van der Waals surface area contributed by atoms with Crippen molar-refractivity contribution >= 4 is 24.2 Å².